The summed E-state index contributed by atoms with van der Waals surface area (Å²) in [6.07, 6.45) is 4.97. The van der Waals surface area contributed by atoms with Gasteiger partial charge in [-0.05, 0) is 12.1 Å². The molecule has 1 aromatic carbocycles. The molecule has 0 aliphatic carbocycles. The van der Waals surface area contributed by atoms with Crippen LogP contribution in [0.15, 0.2) is 48.9 Å². The van der Waals surface area contributed by atoms with E-state index in [1.165, 1.54) is 6.07 Å². The molecule has 2 aromatic heterocycles. The van der Waals surface area contributed by atoms with E-state index in [9.17, 15) is 10.1 Å². The summed E-state index contributed by atoms with van der Waals surface area (Å²) in [6, 6.07) is 8.32. The average Bonchev–Trinajstić information content (AvgIpc) is 2.82. The van der Waals surface area contributed by atoms with Crippen molar-refractivity contribution < 1.29 is 4.92 Å². The Kier molecular flexibility index (Phi) is 2.26. The lowest BCUT2D eigenvalue weighted by molar-refractivity contribution is -0.384. The molecule has 0 saturated carbocycles. The number of para-hydroxylation sites is 1. The third-order valence-electron chi connectivity index (χ3n) is 2.67. The predicted octanol–water partition coefficient (Wildman–Crippen LogP) is 2.30. The van der Waals surface area contributed by atoms with E-state index in [1.807, 2.05) is 0 Å². The normalized spacial score (nSPS) is 10.7. The van der Waals surface area contributed by atoms with Crippen LogP contribution in [0.1, 0.15) is 0 Å². The molecular formula is C12H8N4O2. The molecule has 0 N–H and O–H groups in total. The van der Waals surface area contributed by atoms with Gasteiger partial charge in [-0.15, -0.1) is 0 Å². The van der Waals surface area contributed by atoms with Gasteiger partial charge in [0.2, 0.25) is 0 Å². The lowest BCUT2D eigenvalue weighted by Crippen LogP contribution is -1.92. The lowest BCUT2D eigenvalue weighted by atomic mass is 10.1. The van der Waals surface area contributed by atoms with Gasteiger partial charge in [0.05, 0.1) is 22.2 Å². The van der Waals surface area contributed by atoms with Crippen LogP contribution in [0.4, 0.5) is 5.69 Å². The number of hydrogen-bond acceptors (Lipinski definition) is 4. The number of aromatic nitrogens is 3. The highest BCUT2D eigenvalue weighted by Gasteiger charge is 2.17. The fourth-order valence-electron chi connectivity index (χ4n) is 1.88. The Morgan fingerprint density at radius 2 is 2.00 bits per heavy atom. The van der Waals surface area contributed by atoms with E-state index in [1.54, 1.807) is 47.4 Å². The first-order valence-electron chi connectivity index (χ1n) is 5.29. The summed E-state index contributed by atoms with van der Waals surface area (Å²) in [7, 11) is 0. The fraction of sp³-hybridized carbons (Fsp3) is 0. The van der Waals surface area contributed by atoms with Gasteiger partial charge in [-0.3, -0.25) is 10.1 Å². The van der Waals surface area contributed by atoms with Gasteiger partial charge >= 0.3 is 0 Å². The Morgan fingerprint density at radius 3 is 2.83 bits per heavy atom. The van der Waals surface area contributed by atoms with Crippen molar-refractivity contribution in [1.82, 2.24) is 14.6 Å². The van der Waals surface area contributed by atoms with Crippen molar-refractivity contribution in [2.24, 2.45) is 0 Å². The molecule has 0 radical (unpaired) electrons. The average molecular weight is 240 g/mol. The topological polar surface area (TPSA) is 73.3 Å². The maximum atomic E-state index is 11.0. The molecule has 0 atom stereocenters. The highest BCUT2D eigenvalue weighted by atomic mass is 16.6. The van der Waals surface area contributed by atoms with E-state index in [2.05, 4.69) is 10.1 Å². The zero-order chi connectivity index (χ0) is 12.5. The Bertz CT molecular complexity index is 736. The van der Waals surface area contributed by atoms with Crippen molar-refractivity contribution in [3.63, 3.8) is 0 Å². The number of rotatable bonds is 2. The highest BCUT2D eigenvalue weighted by Crippen LogP contribution is 2.31. The minimum absolute atomic E-state index is 0.0538. The third-order valence-corrected chi connectivity index (χ3v) is 2.67. The van der Waals surface area contributed by atoms with E-state index < -0.39 is 4.92 Å². The van der Waals surface area contributed by atoms with Crippen LogP contribution < -0.4 is 0 Å². The molecule has 6 heteroatoms. The summed E-state index contributed by atoms with van der Waals surface area (Å²) in [5.74, 6) is 0. The van der Waals surface area contributed by atoms with Crippen LogP contribution in [-0.2, 0) is 0 Å². The van der Waals surface area contributed by atoms with Gasteiger partial charge in [-0.25, -0.2) is 9.50 Å². The maximum Gasteiger partial charge on any atom is 0.277 e. The van der Waals surface area contributed by atoms with Gasteiger partial charge in [0, 0.05) is 18.5 Å². The Morgan fingerprint density at radius 1 is 1.17 bits per heavy atom. The van der Waals surface area contributed by atoms with Gasteiger partial charge in [-0.1, -0.05) is 12.1 Å². The van der Waals surface area contributed by atoms with Gasteiger partial charge in [0.25, 0.3) is 5.69 Å². The summed E-state index contributed by atoms with van der Waals surface area (Å²) in [6.45, 7) is 0. The van der Waals surface area contributed by atoms with E-state index in [4.69, 9.17) is 0 Å². The van der Waals surface area contributed by atoms with Crippen molar-refractivity contribution in [3.8, 4) is 11.1 Å². The molecule has 6 nitrogen and oxygen atoms in total. The zero-order valence-corrected chi connectivity index (χ0v) is 9.22. The molecule has 0 unspecified atom stereocenters. The first-order chi connectivity index (χ1) is 8.77. The summed E-state index contributed by atoms with van der Waals surface area (Å²) in [5.41, 5.74) is 1.84. The quantitative estimate of drug-likeness (QED) is 0.509. The highest BCUT2D eigenvalue weighted by molar-refractivity contribution is 5.82. The number of nitro benzene ring substituents is 1. The SMILES string of the molecule is O=[N+]([O-])c1ccccc1-c1cnn2cccnc12. The molecule has 0 spiro atoms. The molecule has 0 fully saturated rings. The Hall–Kier alpha value is -2.76. The summed E-state index contributed by atoms with van der Waals surface area (Å²) in [5, 5.41) is 15.1. The van der Waals surface area contributed by atoms with Crippen LogP contribution in [0.3, 0.4) is 0 Å². The maximum absolute atomic E-state index is 11.0. The van der Waals surface area contributed by atoms with Crippen LogP contribution >= 0.6 is 0 Å². The Labute approximate surface area is 102 Å². The van der Waals surface area contributed by atoms with Gasteiger partial charge < -0.3 is 0 Å². The monoisotopic (exact) mass is 240 g/mol. The minimum Gasteiger partial charge on any atom is -0.258 e. The van der Waals surface area contributed by atoms with E-state index in [0.717, 1.165) is 0 Å². The van der Waals surface area contributed by atoms with Crippen LogP contribution in [0, 0.1) is 10.1 Å². The van der Waals surface area contributed by atoms with Crippen molar-refractivity contribution >= 4 is 11.3 Å². The molecular weight excluding hydrogens is 232 g/mol. The van der Waals surface area contributed by atoms with Crippen molar-refractivity contribution in [2.45, 2.75) is 0 Å². The molecule has 0 aliphatic rings. The molecule has 0 aliphatic heterocycles. The van der Waals surface area contributed by atoms with Gasteiger partial charge in [0.15, 0.2) is 5.65 Å². The van der Waals surface area contributed by atoms with Crippen molar-refractivity contribution in [2.75, 3.05) is 0 Å². The second-order valence-corrected chi connectivity index (χ2v) is 3.72. The number of nitrogens with zero attached hydrogens (tertiary/aromatic N) is 4. The van der Waals surface area contributed by atoms with Crippen LogP contribution in [-0.4, -0.2) is 19.5 Å². The first kappa shape index (κ1) is 10.4. The van der Waals surface area contributed by atoms with E-state index >= 15 is 0 Å². The number of fused-ring (bicyclic) bond motifs is 1. The van der Waals surface area contributed by atoms with Gasteiger partial charge in [-0.2, -0.15) is 5.10 Å². The second kappa shape index (κ2) is 3.92. The standard InChI is InChI=1S/C12H8N4O2/c17-16(18)11-5-2-1-4-9(11)10-8-14-15-7-3-6-13-12(10)15/h1-8H. The molecule has 3 aromatic rings. The van der Waals surface area contributed by atoms with E-state index in [0.29, 0.717) is 16.8 Å². The summed E-state index contributed by atoms with van der Waals surface area (Å²) in [4.78, 5) is 14.8. The van der Waals surface area contributed by atoms with E-state index in [-0.39, 0.29) is 5.69 Å². The Balaban J connectivity index is 2.30. The number of benzene rings is 1. The molecule has 0 saturated heterocycles. The molecule has 3 rings (SSSR count). The number of hydrogen-bond donors (Lipinski definition) is 0. The second-order valence-electron chi connectivity index (χ2n) is 3.72. The zero-order valence-electron chi connectivity index (χ0n) is 9.22. The molecule has 18 heavy (non-hydrogen) atoms. The fourth-order valence-corrected chi connectivity index (χ4v) is 1.88. The molecule has 88 valence electrons. The van der Waals surface area contributed by atoms with Crippen molar-refractivity contribution in [1.29, 1.82) is 0 Å². The van der Waals surface area contributed by atoms with Crippen LogP contribution in [0.25, 0.3) is 16.8 Å². The summed E-state index contributed by atoms with van der Waals surface area (Å²) < 4.78 is 1.59. The lowest BCUT2D eigenvalue weighted by Gasteiger charge is -2.00. The van der Waals surface area contributed by atoms with Crippen molar-refractivity contribution in [3.05, 3.63) is 59.0 Å². The molecule has 0 amide bonds. The largest absolute Gasteiger partial charge is 0.277 e. The predicted molar refractivity (Wildman–Crippen MR) is 65.1 cm³/mol. The van der Waals surface area contributed by atoms with Gasteiger partial charge in [0.1, 0.15) is 0 Å². The summed E-state index contributed by atoms with van der Waals surface area (Å²) >= 11 is 0. The van der Waals surface area contributed by atoms with Crippen LogP contribution in [0.2, 0.25) is 0 Å². The molecule has 0 bridgehead atoms. The smallest absolute Gasteiger partial charge is 0.258 e. The number of nitro groups is 1. The third kappa shape index (κ3) is 1.51. The van der Waals surface area contributed by atoms with Crippen LogP contribution in [0.5, 0.6) is 0 Å². The first-order valence-corrected chi connectivity index (χ1v) is 5.29. The minimum atomic E-state index is -0.401. The molecule has 2 heterocycles.